The first kappa shape index (κ1) is 16.2. The summed E-state index contributed by atoms with van der Waals surface area (Å²) in [6.45, 7) is 5.88. The molecule has 0 aromatic carbocycles. The molecular formula is C12H17ClF3N. The van der Waals surface area contributed by atoms with Crippen LogP contribution < -0.4 is 0 Å². The second kappa shape index (κ2) is 7.54. The van der Waals surface area contributed by atoms with E-state index in [1.165, 1.54) is 0 Å². The summed E-state index contributed by atoms with van der Waals surface area (Å²) in [4.78, 5) is 3.95. The van der Waals surface area contributed by atoms with E-state index >= 15 is 0 Å². The quantitative estimate of drug-likeness (QED) is 0.642. The fourth-order valence-electron chi connectivity index (χ4n) is 0.875. The molecule has 0 aliphatic heterocycles. The number of aromatic nitrogens is 1. The van der Waals surface area contributed by atoms with E-state index in [1.807, 2.05) is 32.9 Å². The largest absolute Gasteiger partial charge is 0.391 e. The van der Waals surface area contributed by atoms with E-state index in [2.05, 4.69) is 4.98 Å². The van der Waals surface area contributed by atoms with Crippen LogP contribution >= 0.6 is 11.6 Å². The maximum Gasteiger partial charge on any atom is 0.391 e. The minimum Gasteiger partial charge on any atom is -0.260 e. The fraction of sp³-hybridized carbons (Fsp3) is 0.583. The molecule has 0 N–H and O–H groups in total. The van der Waals surface area contributed by atoms with Gasteiger partial charge in [0, 0.05) is 6.20 Å². The molecule has 1 fully saturated rings. The van der Waals surface area contributed by atoms with Gasteiger partial charge in [0.1, 0.15) is 0 Å². The van der Waals surface area contributed by atoms with Gasteiger partial charge in [-0.1, -0.05) is 25.4 Å². The third kappa shape index (κ3) is 7.21. The molecule has 1 heterocycles. The van der Waals surface area contributed by atoms with Crippen LogP contribution in [0.15, 0.2) is 18.3 Å². The average molecular weight is 268 g/mol. The molecule has 17 heavy (non-hydrogen) atoms. The summed E-state index contributed by atoms with van der Waals surface area (Å²) in [5.41, 5.74) is 0.883. The van der Waals surface area contributed by atoms with E-state index < -0.39 is 12.1 Å². The molecular weight excluding hydrogens is 251 g/mol. The topological polar surface area (TPSA) is 12.9 Å². The summed E-state index contributed by atoms with van der Waals surface area (Å²) >= 11 is 5.65. The monoisotopic (exact) mass is 267 g/mol. The zero-order valence-corrected chi connectivity index (χ0v) is 10.9. The molecule has 0 amide bonds. The number of hydrogen-bond donors (Lipinski definition) is 0. The standard InChI is InChI=1S/C6H6ClN.C4H5F3.C2H6/c1-5-6(7)3-2-4-8-5;5-4(6,7)3-1-2-3;1-2/h2-4H,1H3;3H,1-2H2;1-2H3. The smallest absolute Gasteiger partial charge is 0.260 e. The lowest BCUT2D eigenvalue weighted by atomic mass is 10.4. The van der Waals surface area contributed by atoms with Gasteiger partial charge in [0.25, 0.3) is 0 Å². The van der Waals surface area contributed by atoms with Gasteiger partial charge < -0.3 is 0 Å². The Hall–Kier alpha value is -0.770. The molecule has 1 aromatic rings. The number of alkyl halides is 3. The van der Waals surface area contributed by atoms with Crippen LogP contribution in [0.1, 0.15) is 32.4 Å². The highest BCUT2D eigenvalue weighted by molar-refractivity contribution is 6.31. The maximum absolute atomic E-state index is 11.2. The van der Waals surface area contributed by atoms with Crippen LogP contribution in [-0.4, -0.2) is 11.2 Å². The molecule has 1 aliphatic rings. The Labute approximate surface area is 105 Å². The van der Waals surface area contributed by atoms with Crippen LogP contribution in [0.3, 0.4) is 0 Å². The predicted molar refractivity (Wildman–Crippen MR) is 64.1 cm³/mol. The van der Waals surface area contributed by atoms with Gasteiger partial charge in [-0.3, -0.25) is 4.98 Å². The number of pyridine rings is 1. The molecule has 98 valence electrons. The number of hydrogen-bond acceptors (Lipinski definition) is 1. The highest BCUT2D eigenvalue weighted by Crippen LogP contribution is 2.43. The Kier molecular flexibility index (Phi) is 7.19. The van der Waals surface area contributed by atoms with Crippen molar-refractivity contribution in [2.45, 2.75) is 39.8 Å². The van der Waals surface area contributed by atoms with E-state index in [0.717, 1.165) is 10.7 Å². The minimum absolute atomic E-state index is 0.351. The van der Waals surface area contributed by atoms with Gasteiger partial charge in [0.2, 0.25) is 0 Å². The first-order valence-corrected chi connectivity index (χ1v) is 5.93. The molecule has 2 rings (SSSR count). The molecule has 1 nitrogen and oxygen atoms in total. The van der Waals surface area contributed by atoms with Gasteiger partial charge in [0.05, 0.1) is 16.6 Å². The summed E-state index contributed by atoms with van der Waals surface area (Å²) in [6.07, 6.45) is -1.46. The van der Waals surface area contributed by atoms with Crippen LogP contribution in [0.4, 0.5) is 13.2 Å². The minimum atomic E-state index is -3.89. The lowest BCUT2D eigenvalue weighted by Crippen LogP contribution is -2.08. The van der Waals surface area contributed by atoms with Crippen molar-refractivity contribution in [1.82, 2.24) is 4.98 Å². The lowest BCUT2D eigenvalue weighted by molar-refractivity contribution is -0.147. The molecule has 5 heteroatoms. The number of nitrogens with zero attached hydrogens (tertiary/aromatic N) is 1. The lowest BCUT2D eigenvalue weighted by Gasteiger charge is -1.99. The van der Waals surface area contributed by atoms with Crippen molar-refractivity contribution in [2.75, 3.05) is 0 Å². The van der Waals surface area contributed by atoms with Crippen LogP contribution in [0.25, 0.3) is 0 Å². The van der Waals surface area contributed by atoms with Crippen LogP contribution in [0, 0.1) is 12.8 Å². The van der Waals surface area contributed by atoms with Gasteiger partial charge in [-0.25, -0.2) is 0 Å². The Balaban J connectivity index is 0.000000265. The van der Waals surface area contributed by atoms with Gasteiger partial charge in [-0.15, -0.1) is 0 Å². The third-order valence-electron chi connectivity index (χ3n) is 1.98. The van der Waals surface area contributed by atoms with E-state index in [1.54, 1.807) is 6.20 Å². The fourth-order valence-corrected chi connectivity index (χ4v) is 0.997. The first-order valence-electron chi connectivity index (χ1n) is 5.55. The number of rotatable bonds is 0. The Morgan fingerprint density at radius 2 is 1.82 bits per heavy atom. The molecule has 1 aliphatic carbocycles. The van der Waals surface area contributed by atoms with Gasteiger partial charge in [-0.05, 0) is 31.9 Å². The molecule has 1 saturated carbocycles. The molecule has 0 radical (unpaired) electrons. The second-order valence-corrected chi connectivity index (χ2v) is 3.79. The summed E-state index contributed by atoms with van der Waals surface area (Å²) in [6, 6.07) is 3.64. The summed E-state index contributed by atoms with van der Waals surface area (Å²) < 4.78 is 33.7. The first-order chi connectivity index (χ1) is 7.91. The zero-order valence-electron chi connectivity index (χ0n) is 10.2. The highest BCUT2D eigenvalue weighted by atomic mass is 35.5. The summed E-state index contributed by atoms with van der Waals surface area (Å²) in [5, 5.41) is 0.729. The van der Waals surface area contributed by atoms with Gasteiger partial charge >= 0.3 is 6.18 Å². The van der Waals surface area contributed by atoms with E-state index in [4.69, 9.17) is 11.6 Å². The van der Waals surface area contributed by atoms with Crippen molar-refractivity contribution in [1.29, 1.82) is 0 Å². The number of halogens is 4. The summed E-state index contributed by atoms with van der Waals surface area (Å²) in [7, 11) is 0. The average Bonchev–Trinajstić information content (AvgIpc) is 3.09. The number of aryl methyl sites for hydroxylation is 1. The van der Waals surface area contributed by atoms with Crippen molar-refractivity contribution in [3.8, 4) is 0 Å². The SMILES string of the molecule is CC.Cc1ncccc1Cl.FC(F)(F)C1CC1. The summed E-state index contributed by atoms with van der Waals surface area (Å²) in [5.74, 6) is -0.951. The highest BCUT2D eigenvalue weighted by Gasteiger charge is 2.46. The van der Waals surface area contributed by atoms with Crippen LogP contribution in [-0.2, 0) is 0 Å². The third-order valence-corrected chi connectivity index (χ3v) is 2.38. The Morgan fingerprint density at radius 3 is 2.00 bits per heavy atom. The van der Waals surface area contributed by atoms with Crippen molar-refractivity contribution < 1.29 is 13.2 Å². The van der Waals surface area contributed by atoms with E-state index in [9.17, 15) is 13.2 Å². The van der Waals surface area contributed by atoms with Crippen LogP contribution in [0.5, 0.6) is 0 Å². The maximum atomic E-state index is 11.2. The van der Waals surface area contributed by atoms with Crippen molar-refractivity contribution in [3.05, 3.63) is 29.0 Å². The predicted octanol–water partition coefficient (Wildman–Crippen LogP) is 5.03. The Bertz CT molecular complexity index is 301. The van der Waals surface area contributed by atoms with Gasteiger partial charge in [-0.2, -0.15) is 13.2 Å². The molecule has 0 atom stereocenters. The molecule has 0 saturated heterocycles. The zero-order chi connectivity index (χ0) is 13.5. The molecule has 0 unspecified atom stereocenters. The van der Waals surface area contributed by atoms with Crippen LogP contribution in [0.2, 0.25) is 5.02 Å². The molecule has 0 spiro atoms. The van der Waals surface area contributed by atoms with Crippen molar-refractivity contribution in [2.24, 2.45) is 5.92 Å². The van der Waals surface area contributed by atoms with Gasteiger partial charge in [0.15, 0.2) is 0 Å². The second-order valence-electron chi connectivity index (χ2n) is 3.39. The van der Waals surface area contributed by atoms with Crippen molar-refractivity contribution in [3.63, 3.8) is 0 Å². The van der Waals surface area contributed by atoms with E-state index in [-0.39, 0.29) is 0 Å². The van der Waals surface area contributed by atoms with Crippen molar-refractivity contribution >= 4 is 11.6 Å². The molecule has 0 bridgehead atoms. The molecule has 1 aromatic heterocycles. The normalized spacial score (nSPS) is 14.1. The van der Waals surface area contributed by atoms with E-state index in [0.29, 0.717) is 12.8 Å². The Morgan fingerprint density at radius 1 is 1.29 bits per heavy atom.